The van der Waals surface area contributed by atoms with Gasteiger partial charge in [0.15, 0.2) is 0 Å². The zero-order valence-corrected chi connectivity index (χ0v) is 11.0. The molecule has 0 aliphatic heterocycles. The molecule has 0 aromatic carbocycles. The molecular weight excluding hydrogens is 188 g/mol. The van der Waals surface area contributed by atoms with E-state index in [1.54, 1.807) is 0 Å². The average molecular weight is 214 g/mol. The minimum atomic E-state index is -0.0329. The van der Waals surface area contributed by atoms with E-state index in [9.17, 15) is 4.79 Å². The normalized spacial score (nSPS) is 17.3. The summed E-state index contributed by atoms with van der Waals surface area (Å²) in [7, 11) is 0. The van der Waals surface area contributed by atoms with Crippen LogP contribution < -0.4 is 0 Å². The van der Waals surface area contributed by atoms with Crippen LogP contribution in [0.3, 0.4) is 0 Å². The van der Waals surface area contributed by atoms with Gasteiger partial charge in [0, 0.05) is 12.5 Å². The quantitative estimate of drug-likeness (QED) is 0.731. The molecule has 0 aromatic rings. The number of hydrogen-bond acceptors (Lipinski definition) is 2. The van der Waals surface area contributed by atoms with E-state index in [0.29, 0.717) is 6.42 Å². The van der Waals surface area contributed by atoms with Gasteiger partial charge >= 0.3 is 0 Å². The van der Waals surface area contributed by atoms with Crippen molar-refractivity contribution in [2.24, 2.45) is 22.7 Å². The van der Waals surface area contributed by atoms with Gasteiger partial charge in [-0.2, -0.15) is 0 Å². The summed E-state index contributed by atoms with van der Waals surface area (Å²) >= 11 is 0. The number of aliphatic hydroxyl groups is 1. The molecule has 15 heavy (non-hydrogen) atoms. The van der Waals surface area contributed by atoms with Crippen LogP contribution in [0.2, 0.25) is 0 Å². The molecular formula is C13H26O2. The molecule has 0 aliphatic carbocycles. The third-order valence-electron chi connectivity index (χ3n) is 3.13. The highest BCUT2D eigenvalue weighted by molar-refractivity contribution is 5.55. The Hall–Kier alpha value is -0.370. The van der Waals surface area contributed by atoms with Crippen molar-refractivity contribution in [3.63, 3.8) is 0 Å². The number of carbonyl (C=O) groups is 1. The Morgan fingerprint density at radius 2 is 1.53 bits per heavy atom. The molecule has 2 atom stereocenters. The van der Waals surface area contributed by atoms with Gasteiger partial charge in [-0.25, -0.2) is 0 Å². The van der Waals surface area contributed by atoms with Crippen molar-refractivity contribution in [3.8, 4) is 0 Å². The molecule has 90 valence electrons. The zero-order valence-electron chi connectivity index (χ0n) is 11.0. The summed E-state index contributed by atoms with van der Waals surface area (Å²) in [6.45, 7) is 12.8. The van der Waals surface area contributed by atoms with Crippen molar-refractivity contribution in [1.82, 2.24) is 0 Å². The molecule has 0 spiro atoms. The van der Waals surface area contributed by atoms with Gasteiger partial charge in [0.05, 0.1) is 0 Å². The van der Waals surface area contributed by atoms with Crippen LogP contribution in [-0.4, -0.2) is 18.0 Å². The number of aliphatic hydroxyl groups excluding tert-OH is 1. The molecule has 0 aromatic heterocycles. The molecule has 0 radical (unpaired) electrons. The van der Waals surface area contributed by atoms with Crippen molar-refractivity contribution >= 4 is 6.29 Å². The Bertz CT molecular complexity index is 196. The van der Waals surface area contributed by atoms with Crippen LogP contribution in [0, 0.1) is 22.7 Å². The molecule has 0 heterocycles. The molecule has 2 nitrogen and oxygen atoms in total. The van der Waals surface area contributed by atoms with E-state index in [1.165, 1.54) is 0 Å². The molecule has 0 amide bonds. The van der Waals surface area contributed by atoms with Gasteiger partial charge < -0.3 is 9.90 Å². The first-order valence-corrected chi connectivity index (χ1v) is 5.70. The zero-order chi connectivity index (χ0) is 12.3. The Labute approximate surface area is 94.1 Å². The van der Waals surface area contributed by atoms with Crippen molar-refractivity contribution in [1.29, 1.82) is 0 Å². The van der Waals surface area contributed by atoms with Gasteiger partial charge in [0.1, 0.15) is 6.29 Å². The lowest BCUT2D eigenvalue weighted by Crippen LogP contribution is -2.37. The van der Waals surface area contributed by atoms with Gasteiger partial charge in [-0.1, -0.05) is 41.5 Å². The fourth-order valence-electron chi connectivity index (χ4n) is 2.19. The minimum Gasteiger partial charge on any atom is -0.396 e. The Balaban J connectivity index is 4.96. The fourth-order valence-corrected chi connectivity index (χ4v) is 2.19. The molecule has 2 heteroatoms. The van der Waals surface area contributed by atoms with Crippen molar-refractivity contribution in [2.45, 2.75) is 48.0 Å². The van der Waals surface area contributed by atoms with E-state index < -0.39 is 0 Å². The van der Waals surface area contributed by atoms with Gasteiger partial charge in [0.25, 0.3) is 0 Å². The van der Waals surface area contributed by atoms with Crippen LogP contribution in [0.25, 0.3) is 0 Å². The number of hydrogen-bond donors (Lipinski definition) is 1. The van der Waals surface area contributed by atoms with E-state index in [4.69, 9.17) is 5.11 Å². The van der Waals surface area contributed by atoms with Crippen LogP contribution in [0.5, 0.6) is 0 Å². The second-order valence-corrected chi connectivity index (χ2v) is 6.51. The molecule has 1 N–H and O–H groups in total. The summed E-state index contributed by atoms with van der Waals surface area (Å²) in [5, 5.41) is 9.09. The summed E-state index contributed by atoms with van der Waals surface area (Å²) < 4.78 is 0. The van der Waals surface area contributed by atoms with Crippen LogP contribution >= 0.6 is 0 Å². The maximum absolute atomic E-state index is 11.2. The Kier molecular flexibility index (Phi) is 4.98. The maximum Gasteiger partial charge on any atom is 0.123 e. The summed E-state index contributed by atoms with van der Waals surface area (Å²) in [6, 6.07) is 0. The topological polar surface area (TPSA) is 37.3 Å². The second kappa shape index (κ2) is 5.11. The molecule has 0 aliphatic rings. The van der Waals surface area contributed by atoms with Crippen molar-refractivity contribution in [3.05, 3.63) is 0 Å². The predicted molar refractivity (Wildman–Crippen MR) is 63.7 cm³/mol. The van der Waals surface area contributed by atoms with E-state index in [2.05, 4.69) is 41.5 Å². The van der Waals surface area contributed by atoms with Gasteiger partial charge in [-0.05, 0) is 23.2 Å². The summed E-state index contributed by atoms with van der Waals surface area (Å²) in [5.74, 6) is 0.240. The van der Waals surface area contributed by atoms with E-state index >= 15 is 0 Å². The number of aldehydes is 1. The van der Waals surface area contributed by atoms with Gasteiger partial charge in [-0.3, -0.25) is 0 Å². The van der Waals surface area contributed by atoms with Crippen molar-refractivity contribution < 1.29 is 9.90 Å². The van der Waals surface area contributed by atoms with E-state index in [0.717, 1.165) is 6.29 Å². The number of rotatable bonds is 4. The van der Waals surface area contributed by atoms with E-state index in [1.807, 2.05) is 0 Å². The number of carbonyl (C=O) groups excluding carboxylic acids is 1. The van der Waals surface area contributed by atoms with Gasteiger partial charge in [-0.15, -0.1) is 0 Å². The lowest BCUT2D eigenvalue weighted by molar-refractivity contribution is -0.118. The monoisotopic (exact) mass is 214 g/mol. The molecule has 0 saturated carbocycles. The first-order valence-electron chi connectivity index (χ1n) is 5.70. The predicted octanol–water partition coefficient (Wildman–Crippen LogP) is 2.89. The highest BCUT2D eigenvalue weighted by Crippen LogP contribution is 2.41. The summed E-state index contributed by atoms with van der Waals surface area (Å²) in [4.78, 5) is 11.2. The minimum absolute atomic E-state index is 0.00431. The highest BCUT2D eigenvalue weighted by atomic mass is 16.3. The Morgan fingerprint density at radius 1 is 1.07 bits per heavy atom. The van der Waals surface area contributed by atoms with E-state index in [-0.39, 0.29) is 29.3 Å². The smallest absolute Gasteiger partial charge is 0.123 e. The first-order chi connectivity index (χ1) is 6.64. The second-order valence-electron chi connectivity index (χ2n) is 6.51. The molecule has 0 fully saturated rings. The molecule has 0 bridgehead atoms. The fraction of sp³-hybridized carbons (Fsp3) is 0.923. The SMILES string of the molecule is CC(C)(C)C(C=O)C(CCO)C(C)(C)C. The van der Waals surface area contributed by atoms with Crippen LogP contribution in [0.15, 0.2) is 0 Å². The largest absolute Gasteiger partial charge is 0.396 e. The lowest BCUT2D eigenvalue weighted by atomic mass is 9.64. The highest BCUT2D eigenvalue weighted by Gasteiger charge is 2.38. The third kappa shape index (κ3) is 4.33. The maximum atomic E-state index is 11.2. The third-order valence-corrected chi connectivity index (χ3v) is 3.13. The molecule has 2 unspecified atom stereocenters. The standard InChI is InChI=1S/C13H26O2/c1-12(2,3)10(7-8-14)11(9-15)13(4,5)6/h9-11,14H,7-8H2,1-6H3. The van der Waals surface area contributed by atoms with Crippen LogP contribution in [0.4, 0.5) is 0 Å². The van der Waals surface area contributed by atoms with Crippen LogP contribution in [0.1, 0.15) is 48.0 Å². The summed E-state index contributed by atoms with van der Waals surface area (Å²) in [6.07, 6.45) is 1.76. The summed E-state index contributed by atoms with van der Waals surface area (Å²) in [5.41, 5.74) is 0.0243. The van der Waals surface area contributed by atoms with Crippen LogP contribution in [-0.2, 0) is 4.79 Å². The van der Waals surface area contributed by atoms with Gasteiger partial charge in [0.2, 0.25) is 0 Å². The van der Waals surface area contributed by atoms with Crippen molar-refractivity contribution in [2.75, 3.05) is 6.61 Å². The Morgan fingerprint density at radius 3 is 1.73 bits per heavy atom. The lowest BCUT2D eigenvalue weighted by Gasteiger charge is -2.40. The average Bonchev–Trinajstić information content (AvgIpc) is 2.00. The molecule has 0 rings (SSSR count). The molecule has 0 saturated heterocycles. The first kappa shape index (κ1) is 14.6.